The van der Waals surface area contributed by atoms with Crippen LogP contribution in [-0.2, 0) is 0 Å². The molecule has 0 atom stereocenters. The Balaban J connectivity index is 1.79. The molecule has 1 nitrogen and oxygen atoms in total. The van der Waals surface area contributed by atoms with Crippen molar-refractivity contribution in [2.75, 3.05) is 18.1 Å². The lowest BCUT2D eigenvalue weighted by Gasteiger charge is -2.23. The second kappa shape index (κ2) is 6.12. The van der Waals surface area contributed by atoms with Crippen LogP contribution in [0.2, 0.25) is 0 Å². The van der Waals surface area contributed by atoms with Gasteiger partial charge in [-0.3, -0.25) is 0 Å². The molecule has 0 unspecified atom stereocenters. The van der Waals surface area contributed by atoms with Crippen molar-refractivity contribution in [1.29, 1.82) is 0 Å². The van der Waals surface area contributed by atoms with Gasteiger partial charge in [-0.1, -0.05) is 36.9 Å². The van der Waals surface area contributed by atoms with E-state index < -0.39 is 0 Å². The SMILES string of the molecule is C=C(CNC1CCSCC1)c1ccccc1. The molecule has 1 fully saturated rings. The molecule has 1 aliphatic rings. The third-order valence-electron chi connectivity index (χ3n) is 3.01. The zero-order valence-electron chi connectivity index (χ0n) is 9.61. The van der Waals surface area contributed by atoms with Crippen LogP contribution in [0.5, 0.6) is 0 Å². The van der Waals surface area contributed by atoms with Crippen molar-refractivity contribution in [2.24, 2.45) is 0 Å². The number of rotatable bonds is 4. The van der Waals surface area contributed by atoms with Crippen molar-refractivity contribution in [3.8, 4) is 0 Å². The van der Waals surface area contributed by atoms with Crippen LogP contribution >= 0.6 is 11.8 Å². The van der Waals surface area contributed by atoms with E-state index in [0.717, 1.165) is 6.54 Å². The summed E-state index contributed by atoms with van der Waals surface area (Å²) in [6, 6.07) is 11.1. The summed E-state index contributed by atoms with van der Waals surface area (Å²) in [5.74, 6) is 2.60. The van der Waals surface area contributed by atoms with Gasteiger partial charge in [-0.25, -0.2) is 0 Å². The summed E-state index contributed by atoms with van der Waals surface area (Å²) in [5, 5.41) is 3.61. The van der Waals surface area contributed by atoms with Gasteiger partial charge in [-0.2, -0.15) is 11.8 Å². The predicted octanol–water partition coefficient (Wildman–Crippen LogP) is 3.19. The maximum absolute atomic E-state index is 4.14. The minimum absolute atomic E-state index is 0.696. The number of hydrogen-bond acceptors (Lipinski definition) is 2. The van der Waals surface area contributed by atoms with Crippen LogP contribution in [0.15, 0.2) is 36.9 Å². The summed E-state index contributed by atoms with van der Waals surface area (Å²) in [5.41, 5.74) is 2.44. The van der Waals surface area contributed by atoms with E-state index in [9.17, 15) is 0 Å². The third kappa shape index (κ3) is 3.39. The Hall–Kier alpha value is -0.730. The van der Waals surface area contributed by atoms with Gasteiger partial charge in [0.2, 0.25) is 0 Å². The summed E-state index contributed by atoms with van der Waals surface area (Å²) >= 11 is 2.07. The van der Waals surface area contributed by atoms with Crippen LogP contribution in [-0.4, -0.2) is 24.1 Å². The van der Waals surface area contributed by atoms with Crippen LogP contribution in [0.3, 0.4) is 0 Å². The van der Waals surface area contributed by atoms with Gasteiger partial charge in [-0.05, 0) is 35.5 Å². The fourth-order valence-corrected chi connectivity index (χ4v) is 3.05. The second-order valence-electron chi connectivity index (χ2n) is 4.24. The van der Waals surface area contributed by atoms with Crippen molar-refractivity contribution < 1.29 is 0 Å². The number of benzene rings is 1. The molecule has 1 aromatic rings. The predicted molar refractivity (Wildman–Crippen MR) is 73.8 cm³/mol. The quantitative estimate of drug-likeness (QED) is 0.857. The van der Waals surface area contributed by atoms with Gasteiger partial charge in [0.05, 0.1) is 0 Å². The lowest BCUT2D eigenvalue weighted by molar-refractivity contribution is 0.511. The zero-order chi connectivity index (χ0) is 11.2. The van der Waals surface area contributed by atoms with E-state index in [-0.39, 0.29) is 0 Å². The summed E-state index contributed by atoms with van der Waals surface area (Å²) in [6.07, 6.45) is 2.60. The van der Waals surface area contributed by atoms with Crippen LogP contribution in [0.25, 0.3) is 5.57 Å². The summed E-state index contributed by atoms with van der Waals surface area (Å²) < 4.78 is 0. The first-order valence-corrected chi connectivity index (χ1v) is 7.06. The molecule has 1 heterocycles. The molecule has 2 heteroatoms. The maximum atomic E-state index is 4.14. The average molecular weight is 233 g/mol. The Bertz CT molecular complexity index is 328. The smallest absolute Gasteiger partial charge is 0.0208 e. The fraction of sp³-hybridized carbons (Fsp3) is 0.429. The second-order valence-corrected chi connectivity index (χ2v) is 5.46. The van der Waals surface area contributed by atoms with Crippen LogP contribution in [0.1, 0.15) is 18.4 Å². The molecule has 0 bridgehead atoms. The molecule has 0 saturated carbocycles. The van der Waals surface area contributed by atoms with Crippen molar-refractivity contribution in [3.63, 3.8) is 0 Å². The minimum Gasteiger partial charge on any atom is -0.310 e. The lowest BCUT2D eigenvalue weighted by atomic mass is 10.1. The van der Waals surface area contributed by atoms with E-state index in [2.05, 4.69) is 47.9 Å². The molecule has 86 valence electrons. The molecule has 1 aliphatic heterocycles. The number of nitrogens with one attached hydrogen (secondary N) is 1. The Labute approximate surface area is 102 Å². The van der Waals surface area contributed by atoms with Crippen molar-refractivity contribution in [2.45, 2.75) is 18.9 Å². The molecule has 1 aromatic carbocycles. The molecule has 0 aliphatic carbocycles. The minimum atomic E-state index is 0.696. The lowest BCUT2D eigenvalue weighted by Crippen LogP contribution is -2.33. The number of thioether (sulfide) groups is 1. The van der Waals surface area contributed by atoms with Gasteiger partial charge in [0.15, 0.2) is 0 Å². The highest BCUT2D eigenvalue weighted by Gasteiger charge is 2.12. The first kappa shape index (κ1) is 11.7. The summed E-state index contributed by atoms with van der Waals surface area (Å²) in [6.45, 7) is 5.06. The highest BCUT2D eigenvalue weighted by Crippen LogP contribution is 2.18. The highest BCUT2D eigenvalue weighted by atomic mass is 32.2. The topological polar surface area (TPSA) is 12.0 Å². The van der Waals surface area contributed by atoms with E-state index in [1.807, 2.05) is 6.07 Å². The highest BCUT2D eigenvalue weighted by molar-refractivity contribution is 7.99. The molecular weight excluding hydrogens is 214 g/mol. The summed E-state index contributed by atoms with van der Waals surface area (Å²) in [4.78, 5) is 0. The van der Waals surface area contributed by atoms with Gasteiger partial charge >= 0.3 is 0 Å². The molecule has 16 heavy (non-hydrogen) atoms. The Kier molecular flexibility index (Phi) is 4.49. The largest absolute Gasteiger partial charge is 0.310 e. The van der Waals surface area contributed by atoms with Crippen molar-refractivity contribution in [3.05, 3.63) is 42.5 Å². The molecule has 0 spiro atoms. The molecular formula is C14H19NS. The molecule has 0 aromatic heterocycles. The Morgan fingerprint density at radius 2 is 1.94 bits per heavy atom. The molecule has 0 amide bonds. The van der Waals surface area contributed by atoms with Crippen molar-refractivity contribution >= 4 is 17.3 Å². The van der Waals surface area contributed by atoms with Gasteiger partial charge in [-0.15, -0.1) is 0 Å². The van der Waals surface area contributed by atoms with E-state index >= 15 is 0 Å². The Morgan fingerprint density at radius 1 is 1.25 bits per heavy atom. The van der Waals surface area contributed by atoms with Crippen molar-refractivity contribution in [1.82, 2.24) is 5.32 Å². The average Bonchev–Trinajstić information content (AvgIpc) is 2.38. The summed E-state index contributed by atoms with van der Waals surface area (Å²) in [7, 11) is 0. The van der Waals surface area contributed by atoms with Crippen LogP contribution < -0.4 is 5.32 Å². The van der Waals surface area contributed by atoms with E-state index in [1.165, 1.54) is 35.5 Å². The van der Waals surface area contributed by atoms with E-state index in [0.29, 0.717) is 6.04 Å². The fourth-order valence-electron chi connectivity index (χ4n) is 1.95. The normalized spacial score (nSPS) is 17.2. The van der Waals surface area contributed by atoms with Crippen LogP contribution in [0, 0.1) is 0 Å². The molecule has 2 rings (SSSR count). The number of hydrogen-bond donors (Lipinski definition) is 1. The molecule has 1 saturated heterocycles. The third-order valence-corrected chi connectivity index (χ3v) is 4.06. The van der Waals surface area contributed by atoms with Crippen LogP contribution in [0.4, 0.5) is 0 Å². The van der Waals surface area contributed by atoms with E-state index in [4.69, 9.17) is 0 Å². The molecule has 1 N–H and O–H groups in total. The van der Waals surface area contributed by atoms with Gasteiger partial charge in [0.25, 0.3) is 0 Å². The van der Waals surface area contributed by atoms with Gasteiger partial charge in [0.1, 0.15) is 0 Å². The molecule has 0 radical (unpaired) electrons. The maximum Gasteiger partial charge on any atom is 0.0208 e. The van der Waals surface area contributed by atoms with E-state index in [1.54, 1.807) is 0 Å². The standard InChI is InChI=1S/C14H19NS/c1-12(13-5-3-2-4-6-13)11-15-14-7-9-16-10-8-14/h2-6,14-15H,1,7-11H2. The first-order valence-electron chi connectivity index (χ1n) is 5.90. The zero-order valence-corrected chi connectivity index (χ0v) is 10.4. The Morgan fingerprint density at radius 3 is 2.62 bits per heavy atom. The van der Waals surface area contributed by atoms with Gasteiger partial charge in [0, 0.05) is 12.6 Å². The van der Waals surface area contributed by atoms with Gasteiger partial charge < -0.3 is 5.32 Å². The first-order chi connectivity index (χ1) is 7.86. The monoisotopic (exact) mass is 233 g/mol.